The highest BCUT2D eigenvalue weighted by Crippen LogP contribution is 2.32. The van der Waals surface area contributed by atoms with Crippen LogP contribution in [0.5, 0.6) is 5.75 Å². The summed E-state index contributed by atoms with van der Waals surface area (Å²) in [5.74, 6) is 1.52. The van der Waals surface area contributed by atoms with Gasteiger partial charge >= 0.3 is 0 Å². The van der Waals surface area contributed by atoms with Gasteiger partial charge in [0, 0.05) is 0 Å². The average Bonchev–Trinajstić information content (AvgIpc) is 2.27. The Hall–Kier alpha value is -0.730. The Morgan fingerprint density at radius 3 is 2.93 bits per heavy atom. The van der Waals surface area contributed by atoms with Crippen molar-refractivity contribution in [2.24, 2.45) is 5.73 Å². The number of ether oxygens (including phenoxy) is 1. The molecule has 1 aliphatic carbocycles. The molecular weight excluding hydrogens is 210 g/mol. The molecule has 0 aliphatic heterocycles. The second-order valence-corrected chi connectivity index (χ2v) is 3.89. The van der Waals surface area contributed by atoms with Gasteiger partial charge in [0.2, 0.25) is 0 Å². The molecule has 0 bridgehead atoms. The fourth-order valence-electron chi connectivity index (χ4n) is 2.26. The van der Waals surface area contributed by atoms with Crippen molar-refractivity contribution in [3.63, 3.8) is 0 Å². The summed E-state index contributed by atoms with van der Waals surface area (Å²) >= 11 is 0. The SMILES string of the molecule is COc1ccc2c(c1)CCCC2CN.Cl. The monoisotopic (exact) mass is 227 g/mol. The van der Waals surface area contributed by atoms with Crippen LogP contribution in [0.25, 0.3) is 0 Å². The number of halogens is 1. The Balaban J connectivity index is 0.00000112. The maximum absolute atomic E-state index is 5.76. The number of methoxy groups -OCH3 is 1. The van der Waals surface area contributed by atoms with Gasteiger partial charge in [0.05, 0.1) is 7.11 Å². The molecule has 84 valence electrons. The molecule has 0 spiro atoms. The molecule has 0 aromatic heterocycles. The average molecular weight is 228 g/mol. The van der Waals surface area contributed by atoms with Crippen LogP contribution in [0.3, 0.4) is 0 Å². The van der Waals surface area contributed by atoms with E-state index in [1.165, 1.54) is 30.4 Å². The lowest BCUT2D eigenvalue weighted by molar-refractivity contribution is 0.413. The molecule has 15 heavy (non-hydrogen) atoms. The molecule has 0 amide bonds. The Labute approximate surface area is 97.2 Å². The summed E-state index contributed by atoms with van der Waals surface area (Å²) in [4.78, 5) is 0. The third kappa shape index (κ3) is 2.44. The zero-order valence-corrected chi connectivity index (χ0v) is 9.85. The lowest BCUT2D eigenvalue weighted by Crippen LogP contribution is -2.18. The quantitative estimate of drug-likeness (QED) is 0.843. The van der Waals surface area contributed by atoms with Crippen molar-refractivity contribution in [1.29, 1.82) is 0 Å². The zero-order valence-electron chi connectivity index (χ0n) is 9.03. The molecule has 1 atom stereocenters. The second kappa shape index (κ2) is 5.38. The summed E-state index contributed by atoms with van der Waals surface area (Å²) in [5.41, 5.74) is 8.61. The van der Waals surface area contributed by atoms with E-state index < -0.39 is 0 Å². The van der Waals surface area contributed by atoms with E-state index >= 15 is 0 Å². The largest absolute Gasteiger partial charge is 0.497 e. The van der Waals surface area contributed by atoms with E-state index in [4.69, 9.17) is 10.5 Å². The van der Waals surface area contributed by atoms with Crippen LogP contribution in [0, 0.1) is 0 Å². The van der Waals surface area contributed by atoms with Crippen molar-refractivity contribution in [2.45, 2.75) is 25.2 Å². The number of fused-ring (bicyclic) bond motifs is 1. The molecule has 0 saturated carbocycles. The van der Waals surface area contributed by atoms with Crippen LogP contribution < -0.4 is 10.5 Å². The Bertz CT molecular complexity index is 327. The van der Waals surface area contributed by atoms with E-state index in [1.54, 1.807) is 7.11 Å². The third-order valence-electron chi connectivity index (χ3n) is 3.07. The van der Waals surface area contributed by atoms with Crippen LogP contribution in [0.4, 0.5) is 0 Å². The maximum Gasteiger partial charge on any atom is 0.119 e. The highest BCUT2D eigenvalue weighted by Gasteiger charge is 2.18. The predicted molar refractivity (Wildman–Crippen MR) is 65.0 cm³/mol. The minimum Gasteiger partial charge on any atom is -0.497 e. The maximum atomic E-state index is 5.76. The van der Waals surface area contributed by atoms with Crippen molar-refractivity contribution in [3.05, 3.63) is 29.3 Å². The van der Waals surface area contributed by atoms with Crippen LogP contribution in [0.1, 0.15) is 29.9 Å². The molecule has 0 radical (unpaired) electrons. The van der Waals surface area contributed by atoms with Crippen molar-refractivity contribution in [3.8, 4) is 5.75 Å². The van der Waals surface area contributed by atoms with Crippen LogP contribution >= 0.6 is 12.4 Å². The highest BCUT2D eigenvalue weighted by molar-refractivity contribution is 5.85. The summed E-state index contributed by atoms with van der Waals surface area (Å²) in [7, 11) is 1.71. The Morgan fingerprint density at radius 2 is 2.27 bits per heavy atom. The van der Waals surface area contributed by atoms with E-state index in [0.717, 1.165) is 12.3 Å². The fraction of sp³-hybridized carbons (Fsp3) is 0.500. The van der Waals surface area contributed by atoms with Gasteiger partial charge in [-0.05, 0) is 55.0 Å². The van der Waals surface area contributed by atoms with Gasteiger partial charge in [-0.3, -0.25) is 0 Å². The molecule has 1 aromatic carbocycles. The second-order valence-electron chi connectivity index (χ2n) is 3.89. The van der Waals surface area contributed by atoms with Crippen LogP contribution in [0.2, 0.25) is 0 Å². The fourth-order valence-corrected chi connectivity index (χ4v) is 2.26. The lowest BCUT2D eigenvalue weighted by atomic mass is 9.83. The van der Waals surface area contributed by atoms with Gasteiger partial charge in [-0.15, -0.1) is 12.4 Å². The lowest BCUT2D eigenvalue weighted by Gasteiger charge is -2.24. The van der Waals surface area contributed by atoms with E-state index in [0.29, 0.717) is 5.92 Å². The normalized spacial score (nSPS) is 18.9. The molecule has 2 N–H and O–H groups in total. The number of aryl methyl sites for hydroxylation is 1. The smallest absolute Gasteiger partial charge is 0.119 e. The summed E-state index contributed by atoms with van der Waals surface area (Å²) in [5, 5.41) is 0. The van der Waals surface area contributed by atoms with E-state index in [2.05, 4.69) is 12.1 Å². The van der Waals surface area contributed by atoms with Crippen LogP contribution in [-0.4, -0.2) is 13.7 Å². The first-order valence-electron chi connectivity index (χ1n) is 5.22. The highest BCUT2D eigenvalue weighted by atomic mass is 35.5. The van der Waals surface area contributed by atoms with Gasteiger partial charge in [0.1, 0.15) is 5.75 Å². The summed E-state index contributed by atoms with van der Waals surface area (Å²) < 4.78 is 5.22. The molecule has 0 saturated heterocycles. The van der Waals surface area contributed by atoms with Gasteiger partial charge < -0.3 is 10.5 Å². The van der Waals surface area contributed by atoms with Gasteiger partial charge in [-0.1, -0.05) is 6.07 Å². The number of benzene rings is 1. The number of hydrogen-bond donors (Lipinski definition) is 1. The topological polar surface area (TPSA) is 35.2 Å². The standard InChI is InChI=1S/C12H17NO.ClH/c1-14-11-5-6-12-9(7-11)3-2-4-10(12)8-13;/h5-7,10H,2-4,8,13H2,1H3;1H. The van der Waals surface area contributed by atoms with Crippen molar-refractivity contribution in [1.82, 2.24) is 0 Å². The van der Waals surface area contributed by atoms with Crippen molar-refractivity contribution in [2.75, 3.05) is 13.7 Å². The zero-order chi connectivity index (χ0) is 9.97. The summed E-state index contributed by atoms with van der Waals surface area (Å²) in [6.07, 6.45) is 3.65. The Morgan fingerprint density at radius 1 is 1.47 bits per heavy atom. The first-order valence-corrected chi connectivity index (χ1v) is 5.22. The first kappa shape index (κ1) is 12.3. The summed E-state index contributed by atoms with van der Waals surface area (Å²) in [6, 6.07) is 6.36. The van der Waals surface area contributed by atoms with E-state index in [-0.39, 0.29) is 12.4 Å². The molecule has 1 aromatic rings. The van der Waals surface area contributed by atoms with Gasteiger partial charge in [-0.25, -0.2) is 0 Å². The molecule has 0 fully saturated rings. The Kier molecular flexibility index (Phi) is 4.43. The van der Waals surface area contributed by atoms with Crippen molar-refractivity contribution < 1.29 is 4.74 Å². The van der Waals surface area contributed by atoms with Gasteiger partial charge in [0.15, 0.2) is 0 Å². The van der Waals surface area contributed by atoms with Gasteiger partial charge in [0.25, 0.3) is 0 Å². The van der Waals surface area contributed by atoms with Crippen LogP contribution in [-0.2, 0) is 6.42 Å². The van der Waals surface area contributed by atoms with Crippen molar-refractivity contribution >= 4 is 12.4 Å². The van der Waals surface area contributed by atoms with E-state index in [9.17, 15) is 0 Å². The molecule has 2 nitrogen and oxygen atoms in total. The van der Waals surface area contributed by atoms with Gasteiger partial charge in [-0.2, -0.15) is 0 Å². The van der Waals surface area contributed by atoms with E-state index in [1.807, 2.05) is 6.07 Å². The molecule has 1 unspecified atom stereocenters. The molecule has 0 heterocycles. The minimum atomic E-state index is 0. The first-order chi connectivity index (χ1) is 6.85. The predicted octanol–water partition coefficient (Wildman–Crippen LogP) is 2.50. The molecule has 3 heteroatoms. The minimum absolute atomic E-state index is 0. The molecular formula is C12H18ClNO. The summed E-state index contributed by atoms with van der Waals surface area (Å²) in [6.45, 7) is 0.763. The van der Waals surface area contributed by atoms with Crippen LogP contribution in [0.15, 0.2) is 18.2 Å². The number of nitrogens with two attached hydrogens (primary N) is 1. The molecule has 1 aliphatic rings. The number of rotatable bonds is 2. The molecule has 2 rings (SSSR count). The third-order valence-corrected chi connectivity index (χ3v) is 3.07. The number of hydrogen-bond acceptors (Lipinski definition) is 2.